The van der Waals surface area contributed by atoms with Gasteiger partial charge in [0.15, 0.2) is 17.1 Å². The molecule has 1 aliphatic heterocycles. The van der Waals surface area contributed by atoms with Gasteiger partial charge in [-0.3, -0.25) is 14.2 Å². The lowest BCUT2D eigenvalue weighted by atomic mass is 9.99. The number of ether oxygens (including phenoxy) is 2. The quantitative estimate of drug-likeness (QED) is 0.120. The Bertz CT molecular complexity index is 1210. The van der Waals surface area contributed by atoms with Gasteiger partial charge >= 0.3 is 5.97 Å². The fourth-order valence-corrected chi connectivity index (χ4v) is 5.31. The van der Waals surface area contributed by atoms with Gasteiger partial charge in [0.05, 0.1) is 12.2 Å². The zero-order chi connectivity index (χ0) is 30.5. The molecule has 3 rings (SSSR count). The Hall–Kier alpha value is -3.03. The van der Waals surface area contributed by atoms with E-state index in [0.717, 1.165) is 25.7 Å². The Morgan fingerprint density at radius 3 is 2.38 bits per heavy atom. The van der Waals surface area contributed by atoms with E-state index in [-0.39, 0.29) is 37.0 Å². The summed E-state index contributed by atoms with van der Waals surface area (Å²) in [6.07, 6.45) is 20.0. The number of ketones is 1. The number of fused-ring (bicyclic) bond motifs is 1. The highest BCUT2D eigenvalue weighted by Crippen LogP contribution is 2.38. The smallest absolute Gasteiger partial charge is 0.305 e. The summed E-state index contributed by atoms with van der Waals surface area (Å²) >= 11 is 0. The van der Waals surface area contributed by atoms with Gasteiger partial charge in [0.2, 0.25) is 0 Å². The number of nitrogen functional groups attached to an aromatic ring is 1. The van der Waals surface area contributed by atoms with Crippen molar-refractivity contribution in [1.29, 1.82) is 0 Å². The molecule has 0 spiro atoms. The first-order valence-electron chi connectivity index (χ1n) is 15.8. The average molecular weight is 584 g/mol. The van der Waals surface area contributed by atoms with Crippen molar-refractivity contribution in [3.63, 3.8) is 0 Å². The molecule has 1 aliphatic rings. The van der Waals surface area contributed by atoms with Crippen LogP contribution < -0.4 is 5.73 Å². The fraction of sp³-hybridized carbons (Fsp3) is 0.719. The maximum atomic E-state index is 13.0. The van der Waals surface area contributed by atoms with Crippen molar-refractivity contribution in [3.05, 3.63) is 12.2 Å². The Balaban J connectivity index is 1.60. The first kappa shape index (κ1) is 33.5. The molecule has 0 radical (unpaired) electrons. The van der Waals surface area contributed by atoms with Crippen LogP contribution in [0.1, 0.15) is 135 Å². The first-order chi connectivity index (χ1) is 20.3. The van der Waals surface area contributed by atoms with Crippen LogP contribution in [0.25, 0.3) is 11.2 Å². The lowest BCUT2D eigenvalue weighted by Crippen LogP contribution is -2.43. The highest BCUT2D eigenvalue weighted by molar-refractivity contribution is 5.86. The number of hydrogen-bond acceptors (Lipinski definition) is 9. The second kappa shape index (κ2) is 16.6. The highest BCUT2D eigenvalue weighted by Gasteiger charge is 2.49. The number of aliphatic hydroxyl groups is 1. The number of nitrogens with two attached hydrogens (primary N) is 1. The van der Waals surface area contributed by atoms with Gasteiger partial charge in [0.25, 0.3) is 0 Å². The molecule has 0 bridgehead atoms. The summed E-state index contributed by atoms with van der Waals surface area (Å²) in [5, 5.41) is 10.8. The second-order valence-electron chi connectivity index (χ2n) is 11.5. The molecule has 0 aromatic carbocycles. The second-order valence-corrected chi connectivity index (χ2v) is 11.5. The van der Waals surface area contributed by atoms with Crippen LogP contribution in [-0.4, -0.2) is 54.7 Å². The molecular formula is C32H49N5O5. The molecule has 4 atom stereocenters. The SMILES string of the molecule is C#C[C@]1(COC(=O)CCCC)O[C@@H](n2cnc3c(N)nc(C(C)C(=O)CCCCCCCCCCCC)nc32)C[C@@H]1O. The predicted molar refractivity (Wildman–Crippen MR) is 162 cm³/mol. The van der Waals surface area contributed by atoms with Gasteiger partial charge < -0.3 is 20.3 Å². The van der Waals surface area contributed by atoms with Gasteiger partial charge in [0.1, 0.15) is 36.1 Å². The average Bonchev–Trinajstić information content (AvgIpc) is 3.56. The Morgan fingerprint density at radius 2 is 1.74 bits per heavy atom. The van der Waals surface area contributed by atoms with Gasteiger partial charge in [-0.1, -0.05) is 84.0 Å². The van der Waals surface area contributed by atoms with Crippen LogP contribution in [0.5, 0.6) is 0 Å². The molecular weight excluding hydrogens is 534 g/mol. The van der Waals surface area contributed by atoms with E-state index in [1.807, 2.05) is 6.92 Å². The van der Waals surface area contributed by atoms with Crippen LogP contribution in [0.15, 0.2) is 6.33 Å². The summed E-state index contributed by atoms with van der Waals surface area (Å²) in [4.78, 5) is 38.5. The number of esters is 1. The van der Waals surface area contributed by atoms with Gasteiger partial charge in [-0.05, 0) is 19.8 Å². The molecule has 1 unspecified atom stereocenters. The normalized spacial score (nSPS) is 20.9. The van der Waals surface area contributed by atoms with E-state index in [2.05, 4.69) is 27.8 Å². The summed E-state index contributed by atoms with van der Waals surface area (Å²) in [7, 11) is 0. The number of imidazole rings is 1. The fourth-order valence-electron chi connectivity index (χ4n) is 5.31. The van der Waals surface area contributed by atoms with Gasteiger partial charge in [-0.25, -0.2) is 15.0 Å². The predicted octanol–water partition coefficient (Wildman–Crippen LogP) is 5.78. The third kappa shape index (κ3) is 8.74. The van der Waals surface area contributed by atoms with Crippen LogP contribution in [-0.2, 0) is 19.1 Å². The minimum atomic E-state index is -1.50. The Morgan fingerprint density at radius 1 is 1.10 bits per heavy atom. The van der Waals surface area contributed by atoms with Gasteiger partial charge in [0, 0.05) is 19.3 Å². The largest absolute Gasteiger partial charge is 0.461 e. The first-order valence-corrected chi connectivity index (χ1v) is 15.8. The molecule has 10 heteroatoms. The number of nitrogens with zero attached hydrogens (tertiary/aromatic N) is 4. The van der Waals surface area contributed by atoms with E-state index in [1.54, 1.807) is 11.5 Å². The number of terminal acetylenes is 1. The number of aliphatic hydroxyl groups excluding tert-OH is 1. The Labute approximate surface area is 250 Å². The summed E-state index contributed by atoms with van der Waals surface area (Å²) in [6.45, 7) is 5.75. The molecule has 0 aliphatic carbocycles. The Kier molecular flexibility index (Phi) is 13.2. The van der Waals surface area contributed by atoms with Crippen molar-refractivity contribution in [2.75, 3.05) is 12.3 Å². The molecule has 42 heavy (non-hydrogen) atoms. The van der Waals surface area contributed by atoms with Crippen molar-refractivity contribution in [2.45, 2.75) is 141 Å². The summed E-state index contributed by atoms with van der Waals surface area (Å²) in [5.74, 6) is 2.14. The molecule has 0 amide bonds. The van der Waals surface area contributed by atoms with Crippen molar-refractivity contribution < 1.29 is 24.2 Å². The zero-order valence-electron chi connectivity index (χ0n) is 25.6. The van der Waals surface area contributed by atoms with E-state index < -0.39 is 23.9 Å². The highest BCUT2D eigenvalue weighted by atomic mass is 16.6. The number of unbranched alkanes of at least 4 members (excludes halogenated alkanes) is 10. The van der Waals surface area contributed by atoms with Crippen LogP contribution >= 0.6 is 0 Å². The minimum Gasteiger partial charge on any atom is -0.461 e. The number of rotatable bonds is 19. The number of anilines is 1. The van der Waals surface area contributed by atoms with Crippen LogP contribution in [0.3, 0.4) is 0 Å². The maximum Gasteiger partial charge on any atom is 0.305 e. The third-order valence-electron chi connectivity index (χ3n) is 8.16. The standard InChI is InChI=1S/C32H49N5O5/c1-5-8-10-11-12-13-14-15-16-17-18-24(38)23(4)30-35-29(33)28-31(36-30)37(22-34-28)26-20-25(39)32(7-3,42-26)21-41-27(40)19-9-6-2/h3,22-23,25-26,39H,5-6,8-21H2,1-2,4H3,(H2,33,35,36)/t23?,25-,26+,32+/m0/s1. The molecule has 232 valence electrons. The number of aromatic nitrogens is 4. The number of hydrogen-bond donors (Lipinski definition) is 2. The summed E-state index contributed by atoms with van der Waals surface area (Å²) in [6, 6.07) is 0. The van der Waals surface area contributed by atoms with Crippen LogP contribution in [0.4, 0.5) is 5.82 Å². The molecule has 2 aromatic heterocycles. The van der Waals surface area contributed by atoms with Crippen molar-refractivity contribution in [3.8, 4) is 12.3 Å². The minimum absolute atomic E-state index is 0.0724. The molecule has 3 N–H and O–H groups in total. The van der Waals surface area contributed by atoms with E-state index in [0.29, 0.717) is 29.8 Å². The van der Waals surface area contributed by atoms with E-state index >= 15 is 0 Å². The molecule has 10 nitrogen and oxygen atoms in total. The molecule has 3 heterocycles. The summed E-state index contributed by atoms with van der Waals surface area (Å²) < 4.78 is 13.1. The molecule has 2 aromatic rings. The lowest BCUT2D eigenvalue weighted by molar-refractivity contribution is -0.156. The van der Waals surface area contributed by atoms with Crippen molar-refractivity contribution in [2.24, 2.45) is 0 Å². The van der Waals surface area contributed by atoms with Gasteiger partial charge in [-0.15, -0.1) is 6.42 Å². The third-order valence-corrected chi connectivity index (χ3v) is 8.16. The maximum absolute atomic E-state index is 13.0. The lowest BCUT2D eigenvalue weighted by Gasteiger charge is -2.26. The van der Waals surface area contributed by atoms with Crippen LogP contribution in [0, 0.1) is 12.3 Å². The van der Waals surface area contributed by atoms with Crippen molar-refractivity contribution in [1.82, 2.24) is 19.5 Å². The van der Waals surface area contributed by atoms with E-state index in [4.69, 9.17) is 21.6 Å². The molecule has 1 saturated heterocycles. The van der Waals surface area contributed by atoms with E-state index in [9.17, 15) is 14.7 Å². The summed E-state index contributed by atoms with van der Waals surface area (Å²) in [5.41, 5.74) is 5.49. The number of Topliss-reactive ketones (excluding diaryl/α,β-unsaturated/α-hetero) is 1. The monoisotopic (exact) mass is 583 g/mol. The van der Waals surface area contributed by atoms with Gasteiger partial charge in [-0.2, -0.15) is 0 Å². The topological polar surface area (TPSA) is 142 Å². The van der Waals surface area contributed by atoms with E-state index in [1.165, 1.54) is 51.3 Å². The molecule has 0 saturated carbocycles. The van der Waals surface area contributed by atoms with Crippen LogP contribution in [0.2, 0.25) is 0 Å². The van der Waals surface area contributed by atoms with Crippen molar-refractivity contribution >= 4 is 28.7 Å². The zero-order valence-corrected chi connectivity index (χ0v) is 25.6. The molecule has 1 fully saturated rings. The number of carbonyl (C=O) groups excluding carboxylic acids is 2. The number of carbonyl (C=O) groups is 2.